The Bertz CT molecular complexity index is 1050. The van der Waals surface area contributed by atoms with Crippen LogP contribution in [0.15, 0.2) is 58.9 Å². The van der Waals surface area contributed by atoms with Crippen molar-refractivity contribution in [3.63, 3.8) is 0 Å². The Kier molecular flexibility index (Phi) is 5.64. The van der Waals surface area contributed by atoms with Crippen molar-refractivity contribution < 1.29 is 13.2 Å². The molecule has 140 valence electrons. The van der Waals surface area contributed by atoms with Crippen molar-refractivity contribution in [2.45, 2.75) is 17.8 Å². The van der Waals surface area contributed by atoms with Gasteiger partial charge < -0.3 is 0 Å². The van der Waals surface area contributed by atoms with E-state index in [4.69, 9.17) is 0 Å². The van der Waals surface area contributed by atoms with Crippen LogP contribution in [0, 0.1) is 6.92 Å². The van der Waals surface area contributed by atoms with Crippen LogP contribution in [0.3, 0.4) is 0 Å². The highest BCUT2D eigenvalue weighted by molar-refractivity contribution is 7.91. The Hall–Kier alpha value is -2.62. The zero-order valence-corrected chi connectivity index (χ0v) is 16.4. The summed E-state index contributed by atoms with van der Waals surface area (Å²) < 4.78 is 26.4. The monoisotopic (exact) mass is 402 g/mol. The summed E-state index contributed by atoms with van der Waals surface area (Å²) in [5.74, 6) is -0.356. The van der Waals surface area contributed by atoms with E-state index < -0.39 is 10.0 Å². The first kappa shape index (κ1) is 19.2. The van der Waals surface area contributed by atoms with Crippen molar-refractivity contribution in [1.82, 2.24) is 14.5 Å². The van der Waals surface area contributed by atoms with Crippen LogP contribution in [0.2, 0.25) is 0 Å². The molecule has 9 heteroatoms. The number of carbonyl (C=O) groups excluding carboxylic acids is 1. The Morgan fingerprint density at radius 2 is 1.74 bits per heavy atom. The number of nitrogens with one attached hydrogen (secondary N) is 1. The second kappa shape index (κ2) is 7.95. The van der Waals surface area contributed by atoms with Crippen LogP contribution in [-0.2, 0) is 16.6 Å². The molecule has 3 aromatic rings. The smallest absolute Gasteiger partial charge is 0.272 e. The zero-order valence-electron chi connectivity index (χ0n) is 14.8. The van der Waals surface area contributed by atoms with Gasteiger partial charge in [0.25, 0.3) is 15.9 Å². The van der Waals surface area contributed by atoms with Gasteiger partial charge in [0.05, 0.1) is 0 Å². The van der Waals surface area contributed by atoms with Crippen molar-refractivity contribution in [3.05, 3.63) is 71.3 Å². The highest BCUT2D eigenvalue weighted by atomic mass is 32.2. The van der Waals surface area contributed by atoms with Gasteiger partial charge in [-0.3, -0.25) is 10.1 Å². The van der Waals surface area contributed by atoms with E-state index in [1.807, 2.05) is 49.4 Å². The lowest BCUT2D eigenvalue weighted by Crippen LogP contribution is -2.26. The second-order valence-electron chi connectivity index (χ2n) is 5.89. The number of nitrogens with zero attached hydrogens (tertiary/aromatic N) is 3. The summed E-state index contributed by atoms with van der Waals surface area (Å²) in [7, 11) is -2.32. The molecule has 0 bridgehead atoms. The molecule has 1 amide bonds. The highest BCUT2D eigenvalue weighted by Gasteiger charge is 2.26. The van der Waals surface area contributed by atoms with Crippen molar-refractivity contribution in [3.8, 4) is 0 Å². The molecule has 0 aliphatic carbocycles. The summed E-state index contributed by atoms with van der Waals surface area (Å²) in [5.41, 5.74) is 2.18. The van der Waals surface area contributed by atoms with Gasteiger partial charge >= 0.3 is 0 Å². The Labute approximate surface area is 161 Å². The van der Waals surface area contributed by atoms with Crippen LogP contribution < -0.4 is 5.32 Å². The summed E-state index contributed by atoms with van der Waals surface area (Å²) in [5, 5.41) is 10.3. The van der Waals surface area contributed by atoms with Crippen molar-refractivity contribution >= 4 is 32.4 Å². The maximum atomic E-state index is 12.7. The molecular weight excluding hydrogens is 384 g/mol. The molecule has 3 rings (SSSR count). The lowest BCUT2D eigenvalue weighted by molar-refractivity contribution is 0.102. The van der Waals surface area contributed by atoms with Gasteiger partial charge in [0.1, 0.15) is 0 Å². The summed E-state index contributed by atoms with van der Waals surface area (Å²) >= 11 is 0.824. The Morgan fingerprint density at radius 3 is 2.44 bits per heavy atom. The molecule has 27 heavy (non-hydrogen) atoms. The molecule has 1 aromatic heterocycles. The van der Waals surface area contributed by atoms with Gasteiger partial charge in [0, 0.05) is 19.2 Å². The normalized spacial score (nSPS) is 11.5. The first-order valence-corrected chi connectivity index (χ1v) is 10.3. The quantitative estimate of drug-likeness (QED) is 0.640. The van der Waals surface area contributed by atoms with Gasteiger partial charge in [-0.25, -0.2) is 8.42 Å². The maximum Gasteiger partial charge on any atom is 0.272 e. The number of amides is 1. The van der Waals surface area contributed by atoms with Gasteiger partial charge in [0.15, 0.2) is 0 Å². The van der Waals surface area contributed by atoms with Crippen molar-refractivity contribution in [2.24, 2.45) is 0 Å². The van der Waals surface area contributed by atoms with Crippen molar-refractivity contribution in [2.75, 3.05) is 12.4 Å². The van der Waals surface area contributed by atoms with Crippen LogP contribution in [0.5, 0.6) is 0 Å². The molecule has 2 aromatic carbocycles. The summed E-state index contributed by atoms with van der Waals surface area (Å²) in [6.45, 7) is 2.04. The number of aromatic nitrogens is 2. The third-order valence-electron chi connectivity index (χ3n) is 3.90. The zero-order chi connectivity index (χ0) is 19.4. The summed E-state index contributed by atoms with van der Waals surface area (Å²) in [6, 6.07) is 16.4. The van der Waals surface area contributed by atoms with Gasteiger partial charge in [-0.1, -0.05) is 59.9 Å². The van der Waals surface area contributed by atoms with Crippen LogP contribution in [0.4, 0.5) is 5.13 Å². The van der Waals surface area contributed by atoms with Gasteiger partial charge in [-0.15, -0.1) is 10.2 Å². The number of rotatable bonds is 6. The molecule has 0 aliphatic heterocycles. The van der Waals surface area contributed by atoms with Crippen LogP contribution in [-0.4, -0.2) is 35.9 Å². The van der Waals surface area contributed by atoms with Crippen LogP contribution >= 0.6 is 11.3 Å². The fourth-order valence-corrected chi connectivity index (χ4v) is 4.66. The molecule has 0 saturated heterocycles. The minimum atomic E-state index is -3.80. The van der Waals surface area contributed by atoms with E-state index in [9.17, 15) is 13.2 Å². The lowest BCUT2D eigenvalue weighted by atomic mass is 10.1. The predicted molar refractivity (Wildman–Crippen MR) is 104 cm³/mol. The largest absolute Gasteiger partial charge is 0.296 e. The number of aryl methyl sites for hydroxylation is 1. The fraction of sp³-hybridized carbons (Fsp3) is 0.167. The minimum Gasteiger partial charge on any atom is -0.296 e. The predicted octanol–water partition coefficient (Wildman–Crippen LogP) is 2.92. The first-order valence-electron chi connectivity index (χ1n) is 8.08. The van der Waals surface area contributed by atoms with E-state index in [-0.39, 0.29) is 21.9 Å². The number of carbonyl (C=O) groups is 1. The third kappa shape index (κ3) is 4.38. The highest BCUT2D eigenvalue weighted by Crippen LogP contribution is 2.24. The van der Waals surface area contributed by atoms with Gasteiger partial charge in [-0.05, 0) is 24.1 Å². The number of hydrogen-bond donors (Lipinski definition) is 1. The SMILES string of the molecule is Cc1ccccc1C(=O)Nc1nnc(S(=O)(=O)N(C)Cc2ccccc2)s1. The lowest BCUT2D eigenvalue weighted by Gasteiger charge is -2.14. The van der Waals surface area contributed by atoms with E-state index in [1.54, 1.807) is 12.1 Å². The summed E-state index contributed by atoms with van der Waals surface area (Å²) in [6.07, 6.45) is 0. The molecular formula is C18H18N4O3S2. The third-order valence-corrected chi connectivity index (χ3v) is 6.88. The Morgan fingerprint density at radius 1 is 1.07 bits per heavy atom. The van der Waals surface area contributed by atoms with E-state index in [2.05, 4.69) is 15.5 Å². The molecule has 0 aliphatic rings. The number of benzene rings is 2. The molecule has 0 saturated carbocycles. The number of sulfonamides is 1. The summed E-state index contributed by atoms with van der Waals surface area (Å²) in [4.78, 5) is 12.3. The molecule has 7 nitrogen and oxygen atoms in total. The van der Waals surface area contributed by atoms with Gasteiger partial charge in [-0.2, -0.15) is 4.31 Å². The molecule has 0 unspecified atom stereocenters. The Balaban J connectivity index is 1.74. The van der Waals surface area contributed by atoms with E-state index in [1.165, 1.54) is 11.4 Å². The molecule has 0 radical (unpaired) electrons. The van der Waals surface area contributed by atoms with E-state index in [0.717, 1.165) is 22.5 Å². The van der Waals surface area contributed by atoms with Crippen LogP contribution in [0.1, 0.15) is 21.5 Å². The van der Waals surface area contributed by atoms with Crippen molar-refractivity contribution in [1.29, 1.82) is 0 Å². The standard InChI is InChI=1S/C18H18N4O3S2/c1-13-8-6-7-11-15(13)16(23)19-17-20-21-18(26-17)27(24,25)22(2)12-14-9-4-3-5-10-14/h3-11H,12H2,1-2H3,(H,19,20,23). The number of anilines is 1. The number of hydrogen-bond acceptors (Lipinski definition) is 6. The van der Waals surface area contributed by atoms with E-state index >= 15 is 0 Å². The average Bonchev–Trinajstić information content (AvgIpc) is 3.12. The van der Waals surface area contributed by atoms with Crippen LogP contribution in [0.25, 0.3) is 0 Å². The van der Waals surface area contributed by atoms with Gasteiger partial charge in [0.2, 0.25) is 9.47 Å². The molecule has 0 fully saturated rings. The second-order valence-corrected chi connectivity index (χ2v) is 9.08. The fourth-order valence-electron chi connectivity index (χ4n) is 2.42. The molecule has 0 spiro atoms. The first-order chi connectivity index (χ1) is 12.9. The topological polar surface area (TPSA) is 92.3 Å². The molecule has 1 heterocycles. The molecule has 1 N–H and O–H groups in total. The average molecular weight is 403 g/mol. The van der Waals surface area contributed by atoms with E-state index in [0.29, 0.717) is 5.56 Å². The minimum absolute atomic E-state index is 0.134. The maximum absolute atomic E-state index is 12.7. The molecule has 0 atom stereocenters.